The molecule has 2 aromatic rings. The molecule has 0 atom stereocenters. The molecule has 0 spiro atoms. The lowest BCUT2D eigenvalue weighted by atomic mass is 9.91. The zero-order chi connectivity index (χ0) is 24.9. The van der Waals surface area contributed by atoms with Crippen molar-refractivity contribution < 1.29 is 23.9 Å². The molecule has 9 heteroatoms. The Morgan fingerprint density at radius 3 is 2.24 bits per heavy atom. The standard InChI is InChI=1S/C25H31FN4O4/c1-25(2,3)30(24(33)34)15-22(31)28-19-8-10-20(11-9-19)29-23(32)17-7-12-21(27-14-17)16-5-4-6-18(26)13-16/h4-7,12-14,19-20H,8-11,15H2,1-3H3,(H,28,31)(H,29,32)(H,33,34)/t19-,20-. The predicted octanol–water partition coefficient (Wildman–Crippen LogP) is 3.82. The monoisotopic (exact) mass is 470 g/mol. The summed E-state index contributed by atoms with van der Waals surface area (Å²) in [5.41, 5.74) is 0.975. The number of carbonyl (C=O) groups is 3. The summed E-state index contributed by atoms with van der Waals surface area (Å²) in [6.45, 7) is 5.01. The molecule has 182 valence electrons. The molecule has 8 nitrogen and oxygen atoms in total. The smallest absolute Gasteiger partial charge is 0.408 e. The van der Waals surface area contributed by atoms with Crippen molar-refractivity contribution in [3.05, 3.63) is 54.0 Å². The van der Waals surface area contributed by atoms with E-state index in [9.17, 15) is 23.9 Å². The van der Waals surface area contributed by atoms with Gasteiger partial charge < -0.3 is 15.7 Å². The molecule has 0 saturated heterocycles. The third-order valence-corrected chi connectivity index (χ3v) is 5.92. The Morgan fingerprint density at radius 1 is 1.06 bits per heavy atom. The van der Waals surface area contributed by atoms with Crippen molar-refractivity contribution >= 4 is 17.9 Å². The number of hydrogen-bond donors (Lipinski definition) is 3. The van der Waals surface area contributed by atoms with Crippen LogP contribution in [0.3, 0.4) is 0 Å². The second-order valence-corrected chi connectivity index (χ2v) is 9.57. The molecule has 1 aliphatic carbocycles. The van der Waals surface area contributed by atoms with Crippen LogP contribution in [0, 0.1) is 5.82 Å². The highest BCUT2D eigenvalue weighted by molar-refractivity contribution is 5.94. The van der Waals surface area contributed by atoms with Crippen LogP contribution in [-0.2, 0) is 4.79 Å². The Labute approximate surface area is 198 Å². The first-order valence-corrected chi connectivity index (χ1v) is 11.4. The number of nitrogens with zero attached hydrogens (tertiary/aromatic N) is 2. The lowest BCUT2D eigenvalue weighted by molar-refractivity contribution is -0.123. The molecule has 0 bridgehead atoms. The molecule has 0 radical (unpaired) electrons. The zero-order valence-electron chi connectivity index (χ0n) is 19.7. The van der Waals surface area contributed by atoms with Crippen LogP contribution in [0.4, 0.5) is 9.18 Å². The van der Waals surface area contributed by atoms with Gasteiger partial charge in [0, 0.05) is 29.4 Å². The van der Waals surface area contributed by atoms with E-state index in [2.05, 4.69) is 15.6 Å². The number of rotatable bonds is 6. The highest BCUT2D eigenvalue weighted by atomic mass is 19.1. The Bertz CT molecular complexity index is 1030. The van der Waals surface area contributed by atoms with Gasteiger partial charge in [-0.3, -0.25) is 19.5 Å². The third kappa shape index (κ3) is 6.76. The molecular formula is C25H31FN4O4. The van der Waals surface area contributed by atoms with E-state index in [1.165, 1.54) is 18.3 Å². The quantitative estimate of drug-likeness (QED) is 0.594. The molecule has 1 aromatic carbocycles. The summed E-state index contributed by atoms with van der Waals surface area (Å²) in [7, 11) is 0. The molecule has 0 aliphatic heterocycles. The van der Waals surface area contributed by atoms with Crippen molar-refractivity contribution in [1.29, 1.82) is 0 Å². The second kappa shape index (κ2) is 10.6. The van der Waals surface area contributed by atoms with Crippen molar-refractivity contribution in [1.82, 2.24) is 20.5 Å². The first kappa shape index (κ1) is 25.1. The molecule has 1 fully saturated rings. The summed E-state index contributed by atoms with van der Waals surface area (Å²) in [5.74, 6) is -0.899. The van der Waals surface area contributed by atoms with Gasteiger partial charge in [0.15, 0.2) is 0 Å². The maximum absolute atomic E-state index is 13.4. The van der Waals surface area contributed by atoms with Gasteiger partial charge in [-0.1, -0.05) is 12.1 Å². The number of pyridine rings is 1. The Hall–Kier alpha value is -3.49. The van der Waals surface area contributed by atoms with E-state index in [4.69, 9.17) is 0 Å². The fourth-order valence-electron chi connectivity index (χ4n) is 4.01. The SMILES string of the molecule is CC(C)(C)N(CC(=O)N[C@H]1CC[C@H](NC(=O)c2ccc(-c3cccc(F)c3)nc2)CC1)C(=O)O. The summed E-state index contributed by atoms with van der Waals surface area (Å²) in [4.78, 5) is 41.8. The number of nitrogens with one attached hydrogen (secondary N) is 2. The molecule has 0 unspecified atom stereocenters. The van der Waals surface area contributed by atoms with E-state index in [0.29, 0.717) is 42.5 Å². The highest BCUT2D eigenvalue weighted by Gasteiger charge is 2.30. The molecule has 1 heterocycles. The number of carbonyl (C=O) groups excluding carboxylic acids is 2. The van der Waals surface area contributed by atoms with E-state index >= 15 is 0 Å². The van der Waals surface area contributed by atoms with Crippen LogP contribution >= 0.6 is 0 Å². The minimum absolute atomic E-state index is 0.0198. The van der Waals surface area contributed by atoms with Gasteiger partial charge in [0.05, 0.1) is 11.3 Å². The fourth-order valence-corrected chi connectivity index (χ4v) is 4.01. The second-order valence-electron chi connectivity index (χ2n) is 9.57. The molecule has 1 saturated carbocycles. The number of halogens is 1. The van der Waals surface area contributed by atoms with Crippen LogP contribution < -0.4 is 10.6 Å². The summed E-state index contributed by atoms with van der Waals surface area (Å²) in [6.07, 6.45) is 3.13. The topological polar surface area (TPSA) is 112 Å². The van der Waals surface area contributed by atoms with Gasteiger partial charge in [-0.2, -0.15) is 0 Å². The van der Waals surface area contributed by atoms with Gasteiger partial charge >= 0.3 is 6.09 Å². The fraction of sp³-hybridized carbons (Fsp3) is 0.440. The number of benzene rings is 1. The lowest BCUT2D eigenvalue weighted by Crippen LogP contribution is -2.52. The number of carboxylic acid groups (broad SMARTS) is 1. The van der Waals surface area contributed by atoms with Gasteiger partial charge in [-0.25, -0.2) is 9.18 Å². The van der Waals surface area contributed by atoms with Crippen LogP contribution in [0.15, 0.2) is 42.6 Å². The van der Waals surface area contributed by atoms with Crippen molar-refractivity contribution in [2.24, 2.45) is 0 Å². The van der Waals surface area contributed by atoms with Crippen LogP contribution in [0.5, 0.6) is 0 Å². The first-order valence-electron chi connectivity index (χ1n) is 11.4. The molecule has 1 aromatic heterocycles. The average Bonchev–Trinajstić information content (AvgIpc) is 2.78. The van der Waals surface area contributed by atoms with E-state index < -0.39 is 11.6 Å². The number of amides is 3. The van der Waals surface area contributed by atoms with E-state index in [1.54, 1.807) is 45.0 Å². The summed E-state index contributed by atoms with van der Waals surface area (Å²) in [6, 6.07) is 9.40. The molecule has 3 amide bonds. The van der Waals surface area contributed by atoms with Gasteiger partial charge in [0.2, 0.25) is 5.91 Å². The maximum Gasteiger partial charge on any atom is 0.408 e. The van der Waals surface area contributed by atoms with Crippen LogP contribution in [-0.4, -0.2) is 57.1 Å². The normalized spacial score (nSPS) is 18.1. The molecule has 34 heavy (non-hydrogen) atoms. The highest BCUT2D eigenvalue weighted by Crippen LogP contribution is 2.21. The summed E-state index contributed by atoms with van der Waals surface area (Å²) >= 11 is 0. The van der Waals surface area contributed by atoms with Gasteiger partial charge in [0.25, 0.3) is 5.91 Å². The van der Waals surface area contributed by atoms with Gasteiger partial charge in [0.1, 0.15) is 12.4 Å². The number of aromatic nitrogens is 1. The first-order chi connectivity index (χ1) is 16.0. The van der Waals surface area contributed by atoms with Gasteiger partial charge in [-0.15, -0.1) is 0 Å². The van der Waals surface area contributed by atoms with Crippen LogP contribution in [0.25, 0.3) is 11.3 Å². The Morgan fingerprint density at radius 2 is 1.71 bits per heavy atom. The van der Waals surface area contributed by atoms with Crippen LogP contribution in [0.2, 0.25) is 0 Å². The van der Waals surface area contributed by atoms with E-state index in [1.807, 2.05) is 0 Å². The maximum atomic E-state index is 13.4. The minimum Gasteiger partial charge on any atom is -0.465 e. The van der Waals surface area contributed by atoms with Crippen molar-refractivity contribution in [3.8, 4) is 11.3 Å². The largest absolute Gasteiger partial charge is 0.465 e. The third-order valence-electron chi connectivity index (χ3n) is 5.92. The zero-order valence-corrected chi connectivity index (χ0v) is 19.7. The molecule has 3 N–H and O–H groups in total. The minimum atomic E-state index is -1.13. The lowest BCUT2D eigenvalue weighted by Gasteiger charge is -2.34. The molecule has 3 rings (SSSR count). The average molecular weight is 471 g/mol. The van der Waals surface area contributed by atoms with Gasteiger partial charge in [-0.05, 0) is 70.7 Å². The van der Waals surface area contributed by atoms with Crippen molar-refractivity contribution in [2.75, 3.05) is 6.54 Å². The van der Waals surface area contributed by atoms with E-state index in [0.717, 1.165) is 4.90 Å². The summed E-state index contributed by atoms with van der Waals surface area (Å²) < 4.78 is 13.4. The Kier molecular flexibility index (Phi) is 7.86. The summed E-state index contributed by atoms with van der Waals surface area (Å²) in [5, 5.41) is 15.3. The molecular weight excluding hydrogens is 439 g/mol. The van der Waals surface area contributed by atoms with E-state index in [-0.39, 0.29) is 36.3 Å². The van der Waals surface area contributed by atoms with Crippen molar-refractivity contribution in [2.45, 2.75) is 64.1 Å². The number of hydrogen-bond acceptors (Lipinski definition) is 4. The predicted molar refractivity (Wildman–Crippen MR) is 126 cm³/mol. The van der Waals surface area contributed by atoms with Crippen LogP contribution in [0.1, 0.15) is 56.8 Å². The Balaban J connectivity index is 1.47. The van der Waals surface area contributed by atoms with Crippen molar-refractivity contribution in [3.63, 3.8) is 0 Å². The molecule has 1 aliphatic rings.